The van der Waals surface area contributed by atoms with Gasteiger partial charge in [-0.05, 0) is 31.5 Å². The first-order chi connectivity index (χ1) is 14.8. The second-order valence-electron chi connectivity index (χ2n) is 7.09. The molecule has 2 rings (SSSR count). The lowest BCUT2D eigenvalue weighted by Crippen LogP contribution is -2.46. The maximum absolute atomic E-state index is 13.2. The number of rotatable bonds is 8. The maximum atomic E-state index is 13.2. The van der Waals surface area contributed by atoms with Crippen LogP contribution in [0.2, 0.25) is 0 Å². The van der Waals surface area contributed by atoms with Crippen LogP contribution in [0.15, 0.2) is 53.4 Å². The number of benzene rings is 2. The van der Waals surface area contributed by atoms with Crippen molar-refractivity contribution in [1.82, 2.24) is 10.0 Å². The molecule has 0 aliphatic carbocycles. The van der Waals surface area contributed by atoms with Crippen LogP contribution in [0, 0.1) is 6.92 Å². The van der Waals surface area contributed by atoms with Gasteiger partial charge in [-0.1, -0.05) is 42.0 Å². The zero-order chi connectivity index (χ0) is 24.1. The zero-order valence-corrected chi connectivity index (χ0v) is 18.4. The Balaban J connectivity index is 2.23. The molecular formula is C21H23F3N2O5S. The summed E-state index contributed by atoms with van der Waals surface area (Å²) in [5.41, 5.74) is 0.177. The van der Waals surface area contributed by atoms with Gasteiger partial charge >= 0.3 is 12.1 Å². The summed E-state index contributed by atoms with van der Waals surface area (Å²) in [6.45, 7) is 3.04. The smallest absolute Gasteiger partial charge is 0.417 e. The molecule has 2 atom stereocenters. The third kappa shape index (κ3) is 6.54. The molecular weight excluding hydrogens is 449 g/mol. The highest BCUT2D eigenvalue weighted by Gasteiger charge is 2.37. The quantitative estimate of drug-likeness (QED) is 0.575. The number of aryl methyl sites for hydroxylation is 1. The van der Waals surface area contributed by atoms with E-state index in [0.717, 1.165) is 23.8 Å². The van der Waals surface area contributed by atoms with Crippen molar-refractivity contribution in [2.45, 2.75) is 43.4 Å². The Hall–Kier alpha value is -2.92. The summed E-state index contributed by atoms with van der Waals surface area (Å²) in [7, 11) is -3.49. The van der Waals surface area contributed by atoms with E-state index in [2.05, 4.69) is 10.1 Å². The Bertz CT molecular complexity index is 1070. The maximum Gasteiger partial charge on any atom is 0.417 e. The van der Waals surface area contributed by atoms with Crippen LogP contribution in [0.1, 0.15) is 36.1 Å². The highest BCUT2D eigenvalue weighted by Crippen LogP contribution is 2.34. The fraction of sp³-hybridized carbons (Fsp3) is 0.333. The molecule has 0 bridgehead atoms. The van der Waals surface area contributed by atoms with E-state index in [0.29, 0.717) is 11.6 Å². The number of halogens is 3. The van der Waals surface area contributed by atoms with Crippen molar-refractivity contribution >= 4 is 21.9 Å². The van der Waals surface area contributed by atoms with Gasteiger partial charge in [-0.3, -0.25) is 9.59 Å². The molecule has 11 heteroatoms. The van der Waals surface area contributed by atoms with Gasteiger partial charge in [0.25, 0.3) is 0 Å². The second-order valence-corrected chi connectivity index (χ2v) is 8.77. The van der Waals surface area contributed by atoms with Crippen LogP contribution < -0.4 is 10.0 Å². The Labute approximate surface area is 184 Å². The lowest BCUT2D eigenvalue weighted by atomic mass is 10.0. The number of amides is 1. The molecule has 1 amide bonds. The van der Waals surface area contributed by atoms with Crippen molar-refractivity contribution in [2.75, 3.05) is 7.11 Å². The Morgan fingerprint density at radius 2 is 1.66 bits per heavy atom. The molecule has 0 spiro atoms. The van der Waals surface area contributed by atoms with E-state index in [9.17, 15) is 31.2 Å². The van der Waals surface area contributed by atoms with Gasteiger partial charge in [0.05, 0.1) is 36.1 Å². The van der Waals surface area contributed by atoms with Crippen LogP contribution in [0.25, 0.3) is 0 Å². The molecule has 0 aliphatic heterocycles. The van der Waals surface area contributed by atoms with Gasteiger partial charge in [-0.25, -0.2) is 8.42 Å². The molecule has 2 aromatic carbocycles. The first-order valence-electron chi connectivity index (χ1n) is 9.47. The van der Waals surface area contributed by atoms with Crippen LogP contribution in [-0.2, 0) is 30.5 Å². The average Bonchev–Trinajstić information content (AvgIpc) is 2.72. The number of sulfonamides is 1. The molecule has 2 N–H and O–H groups in total. The fourth-order valence-electron chi connectivity index (χ4n) is 2.88. The normalized spacial score (nSPS) is 13.8. The van der Waals surface area contributed by atoms with Crippen molar-refractivity contribution < 1.29 is 35.9 Å². The van der Waals surface area contributed by atoms with E-state index in [1.807, 2.05) is 11.6 Å². The Morgan fingerprint density at radius 1 is 1.06 bits per heavy atom. The summed E-state index contributed by atoms with van der Waals surface area (Å²) >= 11 is 0. The van der Waals surface area contributed by atoms with Crippen LogP contribution in [-0.4, -0.2) is 33.4 Å². The van der Waals surface area contributed by atoms with Crippen LogP contribution in [0.3, 0.4) is 0 Å². The third-order valence-corrected chi connectivity index (χ3v) is 6.20. The molecule has 0 aliphatic rings. The van der Waals surface area contributed by atoms with Gasteiger partial charge in [0.1, 0.15) is 0 Å². The predicted molar refractivity (Wildman–Crippen MR) is 110 cm³/mol. The van der Waals surface area contributed by atoms with E-state index in [-0.39, 0.29) is 6.42 Å². The SMILES string of the molecule is COC(=O)CC(NC(=O)[C@H](C)NS(=O)(=O)c1ccccc1C(F)(F)F)c1ccc(C)cc1. The lowest BCUT2D eigenvalue weighted by Gasteiger charge is -2.22. The molecule has 7 nitrogen and oxygen atoms in total. The van der Waals surface area contributed by atoms with Crippen LogP contribution in [0.4, 0.5) is 13.2 Å². The second kappa shape index (κ2) is 10.1. The molecule has 0 radical (unpaired) electrons. The number of esters is 1. The minimum atomic E-state index is -4.89. The van der Waals surface area contributed by atoms with E-state index < -0.39 is 50.6 Å². The molecule has 0 fully saturated rings. The summed E-state index contributed by atoms with van der Waals surface area (Å²) in [5.74, 6) is -1.43. The van der Waals surface area contributed by atoms with Gasteiger partial charge in [-0.15, -0.1) is 0 Å². The minimum absolute atomic E-state index is 0.221. The van der Waals surface area contributed by atoms with Gasteiger partial charge in [0, 0.05) is 0 Å². The van der Waals surface area contributed by atoms with Crippen LogP contribution in [0.5, 0.6) is 0 Å². The van der Waals surface area contributed by atoms with Crippen molar-refractivity contribution in [3.8, 4) is 0 Å². The van der Waals surface area contributed by atoms with Crippen LogP contribution >= 0.6 is 0 Å². The zero-order valence-electron chi connectivity index (χ0n) is 17.6. The molecule has 2 aromatic rings. The number of carbonyl (C=O) groups is 2. The van der Waals surface area contributed by atoms with E-state index in [4.69, 9.17) is 0 Å². The first kappa shape index (κ1) is 25.3. The van der Waals surface area contributed by atoms with Crippen molar-refractivity contribution in [1.29, 1.82) is 0 Å². The van der Waals surface area contributed by atoms with E-state index in [1.165, 1.54) is 14.0 Å². The Kier molecular flexibility index (Phi) is 8.02. The number of nitrogens with one attached hydrogen (secondary N) is 2. The first-order valence-corrected chi connectivity index (χ1v) is 11.0. The number of ether oxygens (including phenoxy) is 1. The number of methoxy groups -OCH3 is 1. The fourth-order valence-corrected chi connectivity index (χ4v) is 4.31. The molecule has 0 saturated heterocycles. The summed E-state index contributed by atoms with van der Waals surface area (Å²) in [4.78, 5) is 23.4. The largest absolute Gasteiger partial charge is 0.469 e. The Morgan fingerprint density at radius 3 is 2.22 bits per heavy atom. The van der Waals surface area contributed by atoms with Crippen molar-refractivity contribution in [3.05, 3.63) is 65.2 Å². The van der Waals surface area contributed by atoms with Gasteiger partial charge in [0.2, 0.25) is 15.9 Å². The van der Waals surface area contributed by atoms with Crippen molar-refractivity contribution in [2.24, 2.45) is 0 Å². The average molecular weight is 472 g/mol. The molecule has 0 heterocycles. The summed E-state index contributed by atoms with van der Waals surface area (Å²) in [6, 6.07) is 8.34. The topological polar surface area (TPSA) is 102 Å². The molecule has 0 aromatic heterocycles. The summed E-state index contributed by atoms with van der Waals surface area (Å²) in [5, 5.41) is 2.55. The van der Waals surface area contributed by atoms with E-state index >= 15 is 0 Å². The molecule has 0 saturated carbocycles. The molecule has 174 valence electrons. The highest BCUT2D eigenvalue weighted by atomic mass is 32.2. The van der Waals surface area contributed by atoms with Gasteiger partial charge in [0.15, 0.2) is 0 Å². The highest BCUT2D eigenvalue weighted by molar-refractivity contribution is 7.89. The van der Waals surface area contributed by atoms with Gasteiger partial charge in [-0.2, -0.15) is 17.9 Å². The number of hydrogen-bond donors (Lipinski definition) is 2. The van der Waals surface area contributed by atoms with Crippen molar-refractivity contribution in [3.63, 3.8) is 0 Å². The predicted octanol–water partition coefficient (Wildman–Crippen LogP) is 3.10. The molecule has 1 unspecified atom stereocenters. The number of alkyl halides is 3. The number of carbonyl (C=O) groups excluding carboxylic acids is 2. The van der Waals surface area contributed by atoms with E-state index in [1.54, 1.807) is 24.3 Å². The lowest BCUT2D eigenvalue weighted by molar-refractivity contribution is -0.141. The minimum Gasteiger partial charge on any atom is -0.469 e. The third-order valence-electron chi connectivity index (χ3n) is 4.60. The summed E-state index contributed by atoms with van der Waals surface area (Å²) < 4.78 is 71.3. The monoisotopic (exact) mass is 472 g/mol. The van der Waals surface area contributed by atoms with Gasteiger partial charge < -0.3 is 10.1 Å². The number of hydrogen-bond acceptors (Lipinski definition) is 5. The molecule has 32 heavy (non-hydrogen) atoms. The standard InChI is InChI=1S/C21H23F3N2O5S/c1-13-8-10-15(11-9-13)17(12-19(27)31-3)25-20(28)14(2)26-32(29,30)18-7-5-4-6-16(18)21(22,23)24/h4-11,14,17,26H,12H2,1-3H3,(H,25,28)/t14-,17?/m0/s1. The summed E-state index contributed by atoms with van der Waals surface area (Å²) in [6.07, 6.45) is -5.12.